The molecule has 128 valence electrons. The van der Waals surface area contributed by atoms with Gasteiger partial charge in [-0.05, 0) is 36.8 Å². The lowest BCUT2D eigenvalue weighted by Gasteiger charge is -2.19. The fourth-order valence-corrected chi connectivity index (χ4v) is 5.40. The minimum Gasteiger partial charge on any atom is -0.280 e. The number of nitrogens with one attached hydrogen (secondary N) is 1. The molecular formula is C15H15ClN2O4S2. The number of benzene rings is 2. The van der Waals surface area contributed by atoms with Crippen molar-refractivity contribution >= 4 is 43.0 Å². The molecule has 9 heteroatoms. The molecule has 0 amide bonds. The zero-order valence-corrected chi connectivity index (χ0v) is 14.9. The van der Waals surface area contributed by atoms with Crippen molar-refractivity contribution in [1.29, 1.82) is 0 Å². The Morgan fingerprint density at radius 2 is 1.79 bits per heavy atom. The summed E-state index contributed by atoms with van der Waals surface area (Å²) in [4.78, 5) is 0.121. The van der Waals surface area contributed by atoms with Gasteiger partial charge in [0.25, 0.3) is 10.0 Å². The van der Waals surface area contributed by atoms with Gasteiger partial charge >= 0.3 is 0 Å². The van der Waals surface area contributed by atoms with Crippen LogP contribution in [0.1, 0.15) is 6.42 Å². The summed E-state index contributed by atoms with van der Waals surface area (Å²) >= 11 is 6.11. The molecule has 0 atom stereocenters. The van der Waals surface area contributed by atoms with E-state index >= 15 is 0 Å². The second-order valence-corrected chi connectivity index (χ2v) is 9.43. The van der Waals surface area contributed by atoms with E-state index in [2.05, 4.69) is 4.72 Å². The summed E-state index contributed by atoms with van der Waals surface area (Å²) in [6, 6.07) is 12.3. The third-order valence-corrected chi connectivity index (χ3v) is 7.19. The van der Waals surface area contributed by atoms with Crippen molar-refractivity contribution in [3.63, 3.8) is 0 Å². The van der Waals surface area contributed by atoms with Crippen LogP contribution < -0.4 is 9.03 Å². The van der Waals surface area contributed by atoms with Crippen molar-refractivity contribution in [3.8, 4) is 0 Å². The van der Waals surface area contributed by atoms with Gasteiger partial charge in [-0.2, -0.15) is 0 Å². The van der Waals surface area contributed by atoms with Gasteiger partial charge in [0.1, 0.15) is 0 Å². The van der Waals surface area contributed by atoms with Gasteiger partial charge < -0.3 is 0 Å². The van der Waals surface area contributed by atoms with Crippen LogP contribution in [0.5, 0.6) is 0 Å². The average Bonchev–Trinajstić information content (AvgIpc) is 2.89. The quantitative estimate of drug-likeness (QED) is 0.875. The molecular weight excluding hydrogens is 372 g/mol. The van der Waals surface area contributed by atoms with Gasteiger partial charge in [-0.3, -0.25) is 9.03 Å². The third-order valence-electron chi connectivity index (χ3n) is 3.62. The van der Waals surface area contributed by atoms with Crippen LogP contribution in [0.2, 0.25) is 5.02 Å². The zero-order chi connectivity index (χ0) is 17.4. The van der Waals surface area contributed by atoms with Gasteiger partial charge in [0.2, 0.25) is 10.0 Å². The Morgan fingerprint density at radius 3 is 2.42 bits per heavy atom. The fourth-order valence-electron chi connectivity index (χ4n) is 2.49. The predicted octanol–water partition coefficient (Wildman–Crippen LogP) is 2.68. The second kappa shape index (κ2) is 6.27. The van der Waals surface area contributed by atoms with Gasteiger partial charge in [0.05, 0.1) is 27.0 Å². The van der Waals surface area contributed by atoms with Gasteiger partial charge in [-0.25, -0.2) is 16.8 Å². The normalized spacial score (nSPS) is 17.0. The molecule has 2 aromatic rings. The van der Waals surface area contributed by atoms with Crippen molar-refractivity contribution in [3.05, 3.63) is 53.6 Å². The first-order valence-corrected chi connectivity index (χ1v) is 10.6. The van der Waals surface area contributed by atoms with E-state index in [4.69, 9.17) is 11.6 Å². The Balaban J connectivity index is 1.95. The van der Waals surface area contributed by atoms with E-state index in [-0.39, 0.29) is 27.0 Å². The maximum Gasteiger partial charge on any atom is 0.261 e. The molecule has 1 fully saturated rings. The summed E-state index contributed by atoms with van der Waals surface area (Å²) in [5.41, 5.74) is 0.530. The molecule has 0 bridgehead atoms. The standard InChI is InChI=1S/C15H15ClN2O4S2/c16-14-8-7-12(11-15(14)18-9-4-10-23(18,19)20)17-24(21,22)13-5-2-1-3-6-13/h1-3,5-8,11,17H,4,9-10H2. The molecule has 0 saturated carbocycles. The monoisotopic (exact) mass is 386 g/mol. The molecule has 1 saturated heterocycles. The topological polar surface area (TPSA) is 83.6 Å². The smallest absolute Gasteiger partial charge is 0.261 e. The molecule has 24 heavy (non-hydrogen) atoms. The van der Waals surface area contributed by atoms with Crippen LogP contribution >= 0.6 is 11.6 Å². The van der Waals surface area contributed by atoms with Gasteiger partial charge in [0.15, 0.2) is 0 Å². The SMILES string of the molecule is O=S(=O)(Nc1ccc(Cl)c(N2CCCS2(=O)=O)c1)c1ccccc1. The van der Waals surface area contributed by atoms with Crippen LogP contribution in [-0.2, 0) is 20.0 Å². The van der Waals surface area contributed by atoms with Crippen molar-refractivity contribution in [1.82, 2.24) is 0 Å². The Labute approximate surface area is 146 Å². The van der Waals surface area contributed by atoms with E-state index in [0.29, 0.717) is 13.0 Å². The predicted molar refractivity (Wildman–Crippen MR) is 94.5 cm³/mol. The van der Waals surface area contributed by atoms with Crippen molar-refractivity contribution in [2.24, 2.45) is 0 Å². The maximum absolute atomic E-state index is 12.4. The Kier molecular flexibility index (Phi) is 4.46. The van der Waals surface area contributed by atoms with Crippen LogP contribution in [0.4, 0.5) is 11.4 Å². The van der Waals surface area contributed by atoms with Crippen LogP contribution in [0.25, 0.3) is 0 Å². The van der Waals surface area contributed by atoms with Crippen LogP contribution in [0.3, 0.4) is 0 Å². The van der Waals surface area contributed by atoms with Crippen molar-refractivity contribution < 1.29 is 16.8 Å². The molecule has 1 N–H and O–H groups in total. The summed E-state index contributed by atoms with van der Waals surface area (Å²) in [5.74, 6) is 0.0588. The Hall–Kier alpha value is -1.77. The van der Waals surface area contributed by atoms with Gasteiger partial charge in [-0.1, -0.05) is 29.8 Å². The molecule has 3 rings (SSSR count). The second-order valence-electron chi connectivity index (χ2n) is 5.33. The average molecular weight is 387 g/mol. The molecule has 1 aliphatic rings. The van der Waals surface area contributed by atoms with Crippen LogP contribution in [-0.4, -0.2) is 29.1 Å². The number of hydrogen-bond acceptors (Lipinski definition) is 4. The molecule has 0 aliphatic carbocycles. The maximum atomic E-state index is 12.4. The number of sulfonamides is 2. The zero-order valence-electron chi connectivity index (χ0n) is 12.5. The first-order valence-electron chi connectivity index (χ1n) is 7.17. The lowest BCUT2D eigenvalue weighted by Crippen LogP contribution is -2.25. The summed E-state index contributed by atoms with van der Waals surface area (Å²) < 4.78 is 52.5. The highest BCUT2D eigenvalue weighted by molar-refractivity contribution is 7.93. The third kappa shape index (κ3) is 3.35. The number of rotatable bonds is 4. The van der Waals surface area contributed by atoms with E-state index < -0.39 is 20.0 Å². The number of anilines is 2. The molecule has 1 heterocycles. The van der Waals surface area contributed by atoms with Gasteiger partial charge in [0, 0.05) is 6.54 Å². The molecule has 0 aromatic heterocycles. The number of halogens is 1. The molecule has 0 unspecified atom stereocenters. The van der Waals surface area contributed by atoms with E-state index in [1.807, 2.05) is 0 Å². The Morgan fingerprint density at radius 1 is 1.08 bits per heavy atom. The number of hydrogen-bond donors (Lipinski definition) is 1. The lowest BCUT2D eigenvalue weighted by atomic mass is 10.3. The van der Waals surface area contributed by atoms with E-state index in [9.17, 15) is 16.8 Å². The highest BCUT2D eigenvalue weighted by Gasteiger charge is 2.30. The molecule has 1 aliphatic heterocycles. The van der Waals surface area contributed by atoms with E-state index in [1.165, 1.54) is 34.6 Å². The summed E-state index contributed by atoms with van der Waals surface area (Å²) in [7, 11) is -7.16. The largest absolute Gasteiger partial charge is 0.280 e. The van der Waals surface area contributed by atoms with E-state index in [1.54, 1.807) is 18.2 Å². The summed E-state index contributed by atoms with van der Waals surface area (Å²) in [6.07, 6.45) is 0.513. The highest BCUT2D eigenvalue weighted by Crippen LogP contribution is 2.34. The molecule has 2 aromatic carbocycles. The summed E-state index contributed by atoms with van der Waals surface area (Å²) in [5, 5.41) is 0.253. The number of nitrogens with zero attached hydrogens (tertiary/aromatic N) is 1. The van der Waals surface area contributed by atoms with Gasteiger partial charge in [-0.15, -0.1) is 0 Å². The fraction of sp³-hybridized carbons (Fsp3) is 0.200. The Bertz CT molecular complexity index is 960. The van der Waals surface area contributed by atoms with Crippen molar-refractivity contribution in [2.45, 2.75) is 11.3 Å². The highest BCUT2D eigenvalue weighted by atomic mass is 35.5. The minimum absolute atomic E-state index is 0.0588. The van der Waals surface area contributed by atoms with Crippen LogP contribution in [0.15, 0.2) is 53.4 Å². The van der Waals surface area contributed by atoms with Crippen LogP contribution in [0, 0.1) is 0 Å². The minimum atomic E-state index is -3.76. The van der Waals surface area contributed by atoms with Crippen molar-refractivity contribution in [2.75, 3.05) is 21.3 Å². The first-order chi connectivity index (χ1) is 11.3. The molecule has 0 spiro atoms. The summed E-state index contributed by atoms with van der Waals surface area (Å²) in [6.45, 7) is 0.330. The lowest BCUT2D eigenvalue weighted by molar-refractivity contribution is 0.598. The van der Waals surface area contributed by atoms with E-state index in [0.717, 1.165) is 0 Å². The molecule has 0 radical (unpaired) electrons. The first kappa shape index (κ1) is 17.1. The molecule has 6 nitrogen and oxygen atoms in total.